The first-order valence-corrected chi connectivity index (χ1v) is 7.54. The fraction of sp³-hybridized carbons (Fsp3) is 0.286. The zero-order chi connectivity index (χ0) is 16.9. The standard InChI is InChI=1S/C14H12F3N3O2S/c1-2-22-12(21)8-23-13-18-6-5-11(20-13)10-4-3-9(7-19-10)14(15,16)17/h3-7H,2,8H2,1H3. The van der Waals surface area contributed by atoms with Gasteiger partial charge in [-0.05, 0) is 25.1 Å². The van der Waals surface area contributed by atoms with E-state index in [0.717, 1.165) is 24.0 Å². The lowest BCUT2D eigenvalue weighted by molar-refractivity contribution is -0.140. The molecule has 0 aliphatic rings. The first-order valence-electron chi connectivity index (χ1n) is 6.55. The van der Waals surface area contributed by atoms with Crippen molar-refractivity contribution >= 4 is 17.7 Å². The maximum absolute atomic E-state index is 12.5. The van der Waals surface area contributed by atoms with Crippen molar-refractivity contribution < 1.29 is 22.7 Å². The lowest BCUT2D eigenvalue weighted by atomic mass is 10.2. The molecule has 0 aliphatic carbocycles. The average molecular weight is 343 g/mol. The van der Waals surface area contributed by atoms with Crippen LogP contribution in [0.2, 0.25) is 0 Å². The molecule has 0 unspecified atom stereocenters. The molecule has 0 radical (unpaired) electrons. The van der Waals surface area contributed by atoms with Crippen molar-refractivity contribution in [1.29, 1.82) is 0 Å². The van der Waals surface area contributed by atoms with E-state index in [1.165, 1.54) is 18.3 Å². The minimum Gasteiger partial charge on any atom is -0.465 e. The van der Waals surface area contributed by atoms with Gasteiger partial charge in [-0.15, -0.1) is 0 Å². The fourth-order valence-corrected chi connectivity index (χ4v) is 2.22. The molecule has 0 fully saturated rings. The van der Waals surface area contributed by atoms with Crippen molar-refractivity contribution in [2.45, 2.75) is 18.3 Å². The van der Waals surface area contributed by atoms with Gasteiger partial charge >= 0.3 is 12.1 Å². The molecule has 2 rings (SSSR count). The summed E-state index contributed by atoms with van der Waals surface area (Å²) in [7, 11) is 0. The maximum Gasteiger partial charge on any atom is 0.417 e. The van der Waals surface area contributed by atoms with Gasteiger partial charge in [-0.3, -0.25) is 9.78 Å². The number of rotatable bonds is 5. The number of halogens is 3. The smallest absolute Gasteiger partial charge is 0.417 e. The highest BCUT2D eigenvalue weighted by molar-refractivity contribution is 7.99. The predicted octanol–water partition coefficient (Wildman–Crippen LogP) is 3.21. The van der Waals surface area contributed by atoms with Crippen molar-refractivity contribution in [1.82, 2.24) is 15.0 Å². The number of esters is 1. The number of hydrogen-bond donors (Lipinski definition) is 0. The van der Waals surface area contributed by atoms with Crippen molar-refractivity contribution in [2.75, 3.05) is 12.4 Å². The number of aromatic nitrogens is 3. The summed E-state index contributed by atoms with van der Waals surface area (Å²) in [5, 5.41) is 0.317. The average Bonchev–Trinajstić information content (AvgIpc) is 2.53. The molecule has 0 aromatic carbocycles. The van der Waals surface area contributed by atoms with E-state index in [4.69, 9.17) is 4.74 Å². The molecule has 2 aromatic rings. The Labute approximate surface area is 134 Å². The van der Waals surface area contributed by atoms with E-state index in [0.29, 0.717) is 16.5 Å². The normalized spacial score (nSPS) is 11.3. The van der Waals surface area contributed by atoms with Crippen LogP contribution in [0.25, 0.3) is 11.4 Å². The zero-order valence-corrected chi connectivity index (χ0v) is 12.8. The summed E-state index contributed by atoms with van der Waals surface area (Å²) in [4.78, 5) is 23.2. The van der Waals surface area contributed by atoms with Gasteiger partial charge in [0.05, 0.1) is 29.3 Å². The van der Waals surface area contributed by atoms with Crippen molar-refractivity contribution in [3.05, 3.63) is 36.2 Å². The van der Waals surface area contributed by atoms with Crippen LogP contribution in [0, 0.1) is 0 Å². The molecule has 23 heavy (non-hydrogen) atoms. The summed E-state index contributed by atoms with van der Waals surface area (Å²) in [6.07, 6.45) is -2.23. The van der Waals surface area contributed by atoms with E-state index in [9.17, 15) is 18.0 Å². The van der Waals surface area contributed by atoms with E-state index >= 15 is 0 Å². The Morgan fingerprint density at radius 2 is 2.00 bits per heavy atom. The second-order valence-corrected chi connectivity index (χ2v) is 5.19. The number of carbonyl (C=O) groups excluding carboxylic acids is 1. The second kappa shape index (κ2) is 7.40. The SMILES string of the molecule is CCOC(=O)CSc1nccc(-c2ccc(C(F)(F)F)cn2)n1. The number of pyridine rings is 1. The minimum absolute atomic E-state index is 0.0533. The molecule has 0 saturated carbocycles. The van der Waals surface area contributed by atoms with Gasteiger partial charge in [0, 0.05) is 12.4 Å². The molecule has 9 heteroatoms. The Kier molecular flexibility index (Phi) is 5.54. The molecule has 122 valence electrons. The Bertz CT molecular complexity index is 678. The molecule has 0 saturated heterocycles. The van der Waals surface area contributed by atoms with Gasteiger partial charge in [0.25, 0.3) is 0 Å². The van der Waals surface area contributed by atoms with Gasteiger partial charge in [-0.2, -0.15) is 13.2 Å². The molecular weight excluding hydrogens is 331 g/mol. The van der Waals surface area contributed by atoms with Gasteiger partial charge in [0.2, 0.25) is 0 Å². The van der Waals surface area contributed by atoms with Gasteiger partial charge in [0.1, 0.15) is 0 Å². The van der Waals surface area contributed by atoms with Gasteiger partial charge < -0.3 is 4.74 Å². The first kappa shape index (κ1) is 17.2. The van der Waals surface area contributed by atoms with Crippen LogP contribution in [0.1, 0.15) is 12.5 Å². The maximum atomic E-state index is 12.5. The summed E-state index contributed by atoms with van der Waals surface area (Å²) in [6.45, 7) is 1.99. The monoisotopic (exact) mass is 343 g/mol. The second-order valence-electron chi connectivity index (χ2n) is 4.25. The number of ether oxygens (including phenoxy) is 1. The summed E-state index contributed by atoms with van der Waals surface area (Å²) in [5.74, 6) is -0.336. The Morgan fingerprint density at radius 1 is 1.22 bits per heavy atom. The van der Waals surface area contributed by atoms with Crippen LogP contribution in [0.5, 0.6) is 0 Å². The molecule has 0 aliphatic heterocycles. The van der Waals surface area contributed by atoms with Crippen LogP contribution in [-0.2, 0) is 15.7 Å². The minimum atomic E-state index is -4.43. The van der Waals surface area contributed by atoms with Crippen LogP contribution >= 0.6 is 11.8 Å². The van der Waals surface area contributed by atoms with E-state index in [-0.39, 0.29) is 18.3 Å². The molecule has 2 heterocycles. The third kappa shape index (κ3) is 4.92. The zero-order valence-electron chi connectivity index (χ0n) is 12.0. The van der Waals surface area contributed by atoms with Crippen LogP contribution in [0.3, 0.4) is 0 Å². The van der Waals surface area contributed by atoms with E-state index in [1.807, 2.05) is 0 Å². The number of alkyl halides is 3. The molecular formula is C14H12F3N3O2S. The highest BCUT2D eigenvalue weighted by Gasteiger charge is 2.30. The Hall–Kier alpha value is -2.16. The van der Waals surface area contributed by atoms with Crippen LogP contribution in [0.4, 0.5) is 13.2 Å². The van der Waals surface area contributed by atoms with Gasteiger partial charge in [-0.1, -0.05) is 11.8 Å². The van der Waals surface area contributed by atoms with Crippen LogP contribution < -0.4 is 0 Å². The number of thioether (sulfide) groups is 1. The van der Waals surface area contributed by atoms with Crippen molar-refractivity contribution in [3.63, 3.8) is 0 Å². The van der Waals surface area contributed by atoms with Crippen LogP contribution in [0.15, 0.2) is 35.7 Å². The molecule has 0 bridgehead atoms. The summed E-state index contributed by atoms with van der Waals surface area (Å²) >= 11 is 1.08. The largest absolute Gasteiger partial charge is 0.465 e. The third-order valence-electron chi connectivity index (χ3n) is 2.61. The predicted molar refractivity (Wildman–Crippen MR) is 77.6 cm³/mol. The van der Waals surface area contributed by atoms with Crippen molar-refractivity contribution in [2.24, 2.45) is 0 Å². The van der Waals surface area contributed by atoms with E-state index < -0.39 is 11.7 Å². The molecule has 0 spiro atoms. The lowest BCUT2D eigenvalue weighted by Crippen LogP contribution is -2.07. The Morgan fingerprint density at radius 3 is 2.61 bits per heavy atom. The first-order chi connectivity index (χ1) is 10.9. The molecule has 2 aromatic heterocycles. The summed E-state index contributed by atoms with van der Waals surface area (Å²) in [6, 6.07) is 3.71. The number of nitrogens with zero attached hydrogens (tertiary/aromatic N) is 3. The van der Waals surface area contributed by atoms with E-state index in [1.54, 1.807) is 6.92 Å². The molecule has 0 N–H and O–H groups in total. The lowest BCUT2D eigenvalue weighted by Gasteiger charge is -2.07. The topological polar surface area (TPSA) is 65.0 Å². The van der Waals surface area contributed by atoms with Crippen LogP contribution in [-0.4, -0.2) is 33.3 Å². The fourth-order valence-electron chi connectivity index (χ4n) is 1.59. The summed E-state index contributed by atoms with van der Waals surface area (Å²) < 4.78 is 42.3. The van der Waals surface area contributed by atoms with E-state index in [2.05, 4.69) is 15.0 Å². The molecule has 5 nitrogen and oxygen atoms in total. The number of carbonyl (C=O) groups is 1. The van der Waals surface area contributed by atoms with Crippen molar-refractivity contribution in [3.8, 4) is 11.4 Å². The number of hydrogen-bond acceptors (Lipinski definition) is 6. The Balaban J connectivity index is 2.11. The summed E-state index contributed by atoms with van der Waals surface area (Å²) in [5.41, 5.74) is -0.161. The molecule has 0 atom stereocenters. The highest BCUT2D eigenvalue weighted by atomic mass is 32.2. The quantitative estimate of drug-likeness (QED) is 0.472. The molecule has 0 amide bonds. The third-order valence-corrected chi connectivity index (χ3v) is 3.45. The highest BCUT2D eigenvalue weighted by Crippen LogP contribution is 2.29. The van der Waals surface area contributed by atoms with Gasteiger partial charge in [-0.25, -0.2) is 9.97 Å². The van der Waals surface area contributed by atoms with Gasteiger partial charge in [0.15, 0.2) is 5.16 Å².